The van der Waals surface area contributed by atoms with Gasteiger partial charge in [-0.2, -0.15) is 8.42 Å². The van der Waals surface area contributed by atoms with Gasteiger partial charge in [-0.1, -0.05) is 6.92 Å². The molecular weight excluding hydrogens is 258 g/mol. The first-order valence-electron chi connectivity index (χ1n) is 5.73. The van der Waals surface area contributed by atoms with Gasteiger partial charge in [0.1, 0.15) is 5.60 Å². The van der Waals surface area contributed by atoms with Crippen LogP contribution in [0.15, 0.2) is 0 Å². The van der Waals surface area contributed by atoms with Crippen molar-refractivity contribution in [3.05, 3.63) is 0 Å². The summed E-state index contributed by atoms with van der Waals surface area (Å²) in [5, 5.41) is 0. The smallest absolute Gasteiger partial charge is 0.410 e. The van der Waals surface area contributed by atoms with Crippen LogP contribution in [0.3, 0.4) is 0 Å². The van der Waals surface area contributed by atoms with Crippen LogP contribution >= 0.6 is 0 Å². The Bertz CT molecular complexity index is 417. The Labute approximate surface area is 108 Å². The molecule has 0 atom stereocenters. The van der Waals surface area contributed by atoms with Crippen LogP contribution in [-0.4, -0.2) is 51.0 Å². The van der Waals surface area contributed by atoms with Gasteiger partial charge in [-0.15, -0.1) is 0 Å². The van der Waals surface area contributed by atoms with Gasteiger partial charge in [0.25, 0.3) is 10.1 Å². The standard InChI is InChI=1S/C11H21NO5S/c1-10(2,3)17-9(13)12-6-11(4,7-12)8-16-18(5,14)15/h6-8H2,1-5H3. The van der Waals surface area contributed by atoms with E-state index in [0.717, 1.165) is 6.26 Å². The predicted octanol–water partition coefficient (Wildman–Crippen LogP) is 1.22. The second kappa shape index (κ2) is 4.70. The molecule has 7 heteroatoms. The van der Waals surface area contributed by atoms with Crippen LogP contribution in [0, 0.1) is 5.41 Å². The molecule has 0 N–H and O–H groups in total. The zero-order valence-electron chi connectivity index (χ0n) is 11.5. The van der Waals surface area contributed by atoms with Crippen LogP contribution in [0.5, 0.6) is 0 Å². The molecule has 1 amide bonds. The maximum Gasteiger partial charge on any atom is 0.410 e. The first-order valence-corrected chi connectivity index (χ1v) is 7.54. The summed E-state index contributed by atoms with van der Waals surface area (Å²) < 4.78 is 31.8. The molecule has 0 aliphatic carbocycles. The number of hydrogen-bond donors (Lipinski definition) is 0. The average molecular weight is 279 g/mol. The average Bonchev–Trinajstić information content (AvgIpc) is 2.06. The van der Waals surface area contributed by atoms with E-state index in [0.29, 0.717) is 13.1 Å². The van der Waals surface area contributed by atoms with Crippen LogP contribution < -0.4 is 0 Å². The Kier molecular flexibility index (Phi) is 3.97. The second-order valence-electron chi connectivity index (χ2n) is 6.11. The summed E-state index contributed by atoms with van der Waals surface area (Å²) in [5.74, 6) is 0. The summed E-state index contributed by atoms with van der Waals surface area (Å²) in [5.41, 5.74) is -0.841. The zero-order valence-corrected chi connectivity index (χ0v) is 12.3. The molecule has 0 radical (unpaired) electrons. The van der Waals surface area contributed by atoms with Crippen molar-refractivity contribution in [2.24, 2.45) is 5.41 Å². The summed E-state index contributed by atoms with van der Waals surface area (Å²) in [7, 11) is -3.43. The van der Waals surface area contributed by atoms with Crippen LogP contribution in [0.4, 0.5) is 4.79 Å². The molecule has 0 spiro atoms. The van der Waals surface area contributed by atoms with Crippen molar-refractivity contribution in [2.75, 3.05) is 26.0 Å². The molecule has 1 aliphatic heterocycles. The maximum atomic E-state index is 11.7. The van der Waals surface area contributed by atoms with Gasteiger partial charge in [-0.05, 0) is 20.8 Å². The minimum Gasteiger partial charge on any atom is -0.444 e. The van der Waals surface area contributed by atoms with Crippen molar-refractivity contribution in [1.29, 1.82) is 0 Å². The molecule has 106 valence electrons. The lowest BCUT2D eigenvalue weighted by atomic mass is 9.83. The summed E-state index contributed by atoms with van der Waals surface area (Å²) in [6.45, 7) is 8.25. The topological polar surface area (TPSA) is 72.9 Å². The minimum absolute atomic E-state index is 0.0884. The summed E-state index contributed by atoms with van der Waals surface area (Å²) in [6, 6.07) is 0. The largest absolute Gasteiger partial charge is 0.444 e. The van der Waals surface area contributed by atoms with Crippen LogP contribution in [0.25, 0.3) is 0 Å². The summed E-state index contributed by atoms with van der Waals surface area (Å²) in [6.07, 6.45) is 0.639. The number of amides is 1. The van der Waals surface area contributed by atoms with E-state index >= 15 is 0 Å². The zero-order chi connectivity index (χ0) is 14.2. The third-order valence-corrected chi connectivity index (χ3v) is 2.96. The highest BCUT2D eigenvalue weighted by Crippen LogP contribution is 2.31. The fraction of sp³-hybridized carbons (Fsp3) is 0.909. The highest BCUT2D eigenvalue weighted by molar-refractivity contribution is 7.85. The molecule has 0 bridgehead atoms. The Balaban J connectivity index is 2.41. The van der Waals surface area contributed by atoms with Gasteiger partial charge in [0.15, 0.2) is 0 Å². The third kappa shape index (κ3) is 4.81. The number of rotatable bonds is 3. The van der Waals surface area contributed by atoms with Gasteiger partial charge in [0.05, 0.1) is 12.9 Å². The van der Waals surface area contributed by atoms with E-state index in [4.69, 9.17) is 8.92 Å². The minimum atomic E-state index is -3.43. The molecule has 1 heterocycles. The van der Waals surface area contributed by atoms with Gasteiger partial charge in [0.2, 0.25) is 0 Å². The van der Waals surface area contributed by atoms with E-state index in [2.05, 4.69) is 0 Å². The number of carbonyl (C=O) groups is 1. The van der Waals surface area contributed by atoms with E-state index in [1.54, 1.807) is 20.8 Å². The molecule has 18 heavy (non-hydrogen) atoms. The van der Waals surface area contributed by atoms with E-state index in [1.807, 2.05) is 6.92 Å². The maximum absolute atomic E-state index is 11.7. The quantitative estimate of drug-likeness (QED) is 0.726. The van der Waals surface area contributed by atoms with Gasteiger partial charge in [-0.25, -0.2) is 4.79 Å². The molecule has 1 fully saturated rings. The molecule has 0 aromatic heterocycles. The number of likely N-dealkylation sites (tertiary alicyclic amines) is 1. The lowest BCUT2D eigenvalue weighted by molar-refractivity contribution is -0.0418. The Morgan fingerprint density at radius 2 is 1.83 bits per heavy atom. The van der Waals surface area contributed by atoms with E-state index in [1.165, 1.54) is 4.90 Å². The van der Waals surface area contributed by atoms with Crippen molar-refractivity contribution in [2.45, 2.75) is 33.3 Å². The fourth-order valence-corrected chi connectivity index (χ4v) is 2.17. The van der Waals surface area contributed by atoms with E-state index < -0.39 is 15.7 Å². The molecular formula is C11H21NO5S. The number of nitrogens with zero attached hydrogens (tertiary/aromatic N) is 1. The third-order valence-electron chi connectivity index (χ3n) is 2.42. The monoisotopic (exact) mass is 279 g/mol. The molecule has 0 aromatic carbocycles. The first kappa shape index (κ1) is 15.2. The molecule has 0 saturated carbocycles. The van der Waals surface area contributed by atoms with Gasteiger partial charge >= 0.3 is 6.09 Å². The fourth-order valence-electron chi connectivity index (χ4n) is 1.67. The Morgan fingerprint density at radius 3 is 2.22 bits per heavy atom. The van der Waals surface area contributed by atoms with Gasteiger partial charge < -0.3 is 9.64 Å². The highest BCUT2D eigenvalue weighted by atomic mass is 32.2. The second-order valence-corrected chi connectivity index (χ2v) is 7.76. The lowest BCUT2D eigenvalue weighted by Crippen LogP contribution is -2.59. The van der Waals surface area contributed by atoms with E-state index in [9.17, 15) is 13.2 Å². The van der Waals surface area contributed by atoms with Crippen LogP contribution in [0.1, 0.15) is 27.7 Å². The molecule has 6 nitrogen and oxygen atoms in total. The number of carbonyl (C=O) groups excluding carboxylic acids is 1. The summed E-state index contributed by atoms with van der Waals surface area (Å²) >= 11 is 0. The molecule has 0 aromatic rings. The molecule has 1 rings (SSSR count). The Hall–Kier alpha value is -0.820. The van der Waals surface area contributed by atoms with Gasteiger partial charge in [0, 0.05) is 18.5 Å². The van der Waals surface area contributed by atoms with Crippen molar-refractivity contribution in [3.8, 4) is 0 Å². The number of hydrogen-bond acceptors (Lipinski definition) is 5. The van der Waals surface area contributed by atoms with Crippen molar-refractivity contribution in [3.63, 3.8) is 0 Å². The SMILES string of the molecule is CC1(COS(C)(=O)=O)CN(C(=O)OC(C)(C)C)C1. The van der Waals surface area contributed by atoms with Crippen molar-refractivity contribution >= 4 is 16.2 Å². The molecule has 1 aliphatic rings. The Morgan fingerprint density at radius 1 is 1.33 bits per heavy atom. The lowest BCUT2D eigenvalue weighted by Gasteiger charge is -2.47. The van der Waals surface area contributed by atoms with Crippen molar-refractivity contribution < 1.29 is 22.1 Å². The molecule has 1 saturated heterocycles. The van der Waals surface area contributed by atoms with E-state index in [-0.39, 0.29) is 18.1 Å². The molecule has 0 unspecified atom stereocenters. The first-order chi connectivity index (χ1) is 7.90. The van der Waals surface area contributed by atoms with Crippen LogP contribution in [-0.2, 0) is 19.0 Å². The highest BCUT2D eigenvalue weighted by Gasteiger charge is 2.43. The van der Waals surface area contributed by atoms with Crippen LogP contribution in [0.2, 0.25) is 0 Å². The number of ether oxygens (including phenoxy) is 1. The predicted molar refractivity (Wildman–Crippen MR) is 66.7 cm³/mol. The normalized spacial score (nSPS) is 19.3. The van der Waals surface area contributed by atoms with Gasteiger partial charge in [-0.3, -0.25) is 4.18 Å². The summed E-state index contributed by atoms with van der Waals surface area (Å²) in [4.78, 5) is 13.2. The van der Waals surface area contributed by atoms with Crippen molar-refractivity contribution in [1.82, 2.24) is 4.90 Å².